The highest BCUT2D eigenvalue weighted by Crippen LogP contribution is 2.23. The molecule has 0 aliphatic heterocycles. The van der Waals surface area contributed by atoms with E-state index in [1.807, 2.05) is 44.2 Å². The van der Waals surface area contributed by atoms with Crippen LogP contribution in [0.1, 0.15) is 47.6 Å². The monoisotopic (exact) mass is 468 g/mol. The third-order valence-electron chi connectivity index (χ3n) is 5.08. The number of carbonyl (C=O) groups is 2. The molecular formula is C24H28N4O4S. The molecule has 0 unspecified atom stereocenters. The van der Waals surface area contributed by atoms with Crippen molar-refractivity contribution < 1.29 is 18.0 Å². The summed E-state index contributed by atoms with van der Waals surface area (Å²) in [5.74, 6) is -0.655. The second-order valence-corrected chi connectivity index (χ2v) is 9.98. The lowest BCUT2D eigenvalue weighted by Gasteiger charge is -2.12. The molecule has 0 saturated heterocycles. The Morgan fingerprint density at radius 3 is 2.30 bits per heavy atom. The topological polar surface area (TPSA) is 110 Å². The van der Waals surface area contributed by atoms with Gasteiger partial charge in [-0.15, -0.1) is 0 Å². The van der Waals surface area contributed by atoms with Gasteiger partial charge in [0.2, 0.25) is 5.91 Å². The minimum absolute atomic E-state index is 0.0333. The minimum atomic E-state index is -4.16. The molecule has 8 nitrogen and oxygen atoms in total. The number of rotatable bonds is 7. The average Bonchev–Trinajstić information content (AvgIpc) is 3.04. The fourth-order valence-electron chi connectivity index (χ4n) is 3.59. The van der Waals surface area contributed by atoms with Crippen molar-refractivity contribution in [3.05, 3.63) is 71.0 Å². The molecule has 9 heteroatoms. The maximum atomic E-state index is 13.1. The van der Waals surface area contributed by atoms with Gasteiger partial charge < -0.3 is 5.32 Å². The fraction of sp³-hybridized carbons (Fsp3) is 0.292. The predicted octanol–water partition coefficient (Wildman–Crippen LogP) is 3.90. The van der Waals surface area contributed by atoms with E-state index in [1.165, 1.54) is 10.7 Å². The molecule has 0 radical (unpaired) electrons. The van der Waals surface area contributed by atoms with E-state index in [2.05, 4.69) is 15.1 Å². The number of para-hydroxylation sites is 1. The number of nitrogens with zero attached hydrogens (tertiary/aromatic N) is 2. The number of aryl methyl sites for hydroxylation is 2. The molecule has 1 aromatic heterocycles. The van der Waals surface area contributed by atoms with Gasteiger partial charge in [-0.1, -0.05) is 32.0 Å². The van der Waals surface area contributed by atoms with Gasteiger partial charge in [-0.25, -0.2) is 17.8 Å². The van der Waals surface area contributed by atoms with Crippen LogP contribution in [0.25, 0.3) is 5.69 Å². The van der Waals surface area contributed by atoms with E-state index in [0.29, 0.717) is 23.4 Å². The molecule has 0 aliphatic carbocycles. The molecule has 0 bridgehead atoms. The number of hydrogen-bond acceptors (Lipinski definition) is 5. The molecular weight excluding hydrogens is 440 g/mol. The Morgan fingerprint density at radius 2 is 1.70 bits per heavy atom. The van der Waals surface area contributed by atoms with Crippen molar-refractivity contribution in [1.29, 1.82) is 0 Å². The van der Waals surface area contributed by atoms with Crippen LogP contribution in [0.2, 0.25) is 0 Å². The maximum Gasteiger partial charge on any atom is 0.268 e. The van der Waals surface area contributed by atoms with Crippen LogP contribution in [-0.4, -0.2) is 30.0 Å². The first kappa shape index (κ1) is 24.2. The highest BCUT2D eigenvalue weighted by Gasteiger charge is 2.27. The van der Waals surface area contributed by atoms with Gasteiger partial charge in [-0.3, -0.25) is 9.59 Å². The van der Waals surface area contributed by atoms with Gasteiger partial charge in [-0.05, 0) is 62.6 Å². The number of anilines is 1. The van der Waals surface area contributed by atoms with Gasteiger partial charge in [0.15, 0.2) is 0 Å². The molecule has 174 valence electrons. The molecule has 0 aliphatic rings. The minimum Gasteiger partial charge on any atom is -0.326 e. The molecule has 0 atom stereocenters. The van der Waals surface area contributed by atoms with Gasteiger partial charge >= 0.3 is 0 Å². The first-order valence-electron chi connectivity index (χ1n) is 10.6. The lowest BCUT2D eigenvalue weighted by molar-refractivity contribution is -0.116. The number of benzene rings is 2. The maximum absolute atomic E-state index is 13.1. The van der Waals surface area contributed by atoms with Crippen molar-refractivity contribution in [2.75, 3.05) is 5.32 Å². The smallest absolute Gasteiger partial charge is 0.268 e. The van der Waals surface area contributed by atoms with Crippen LogP contribution >= 0.6 is 0 Å². The van der Waals surface area contributed by atoms with Gasteiger partial charge in [0.05, 0.1) is 17.1 Å². The Morgan fingerprint density at radius 1 is 1.03 bits per heavy atom. The molecule has 2 amide bonds. The second-order valence-electron chi connectivity index (χ2n) is 8.36. The summed E-state index contributed by atoms with van der Waals surface area (Å²) in [6, 6.07) is 13.8. The number of nitrogens with one attached hydrogen (secondary N) is 2. The van der Waals surface area contributed by atoms with Gasteiger partial charge in [0, 0.05) is 17.7 Å². The number of carbonyl (C=O) groups excluding carboxylic acids is 2. The Hall–Kier alpha value is -3.46. The van der Waals surface area contributed by atoms with E-state index in [9.17, 15) is 18.0 Å². The van der Waals surface area contributed by atoms with Crippen molar-refractivity contribution >= 4 is 27.5 Å². The number of aromatic nitrogens is 2. The molecule has 3 aromatic rings. The Labute approximate surface area is 194 Å². The van der Waals surface area contributed by atoms with Crippen LogP contribution in [0.4, 0.5) is 5.69 Å². The lowest BCUT2D eigenvalue weighted by Crippen LogP contribution is -2.31. The van der Waals surface area contributed by atoms with Crippen LogP contribution in [-0.2, 0) is 14.8 Å². The molecule has 2 N–H and O–H groups in total. The summed E-state index contributed by atoms with van der Waals surface area (Å²) in [6.07, 6.45) is 0.384. The molecule has 3 rings (SSSR count). The average molecular weight is 469 g/mol. The molecule has 0 fully saturated rings. The SMILES string of the molecule is Cc1cc(C(=O)NS(=O)(=O)c2c(C)nn(-c3ccccc3)c2C)ccc1NC(=O)CC(C)C. The Balaban J connectivity index is 1.82. The Bertz CT molecular complexity index is 1300. The molecule has 0 saturated carbocycles. The highest BCUT2D eigenvalue weighted by atomic mass is 32.2. The Kier molecular flexibility index (Phi) is 7.02. The lowest BCUT2D eigenvalue weighted by atomic mass is 10.1. The standard InChI is InChI=1S/C24H28N4O4S/c1-15(2)13-22(29)25-21-12-11-19(14-16(21)3)24(30)27-33(31,32)23-17(4)26-28(18(23)5)20-9-7-6-8-10-20/h6-12,14-15H,13H2,1-5H3,(H,25,29)(H,27,30). The van der Waals surface area contributed by atoms with E-state index >= 15 is 0 Å². The van der Waals surface area contributed by atoms with Crippen molar-refractivity contribution in [2.45, 2.75) is 45.9 Å². The fourth-order valence-corrected chi connectivity index (χ4v) is 4.96. The van der Waals surface area contributed by atoms with Crippen molar-refractivity contribution in [1.82, 2.24) is 14.5 Å². The van der Waals surface area contributed by atoms with Gasteiger partial charge in [0.25, 0.3) is 15.9 Å². The molecule has 2 aromatic carbocycles. The van der Waals surface area contributed by atoms with Crippen LogP contribution in [0.5, 0.6) is 0 Å². The van der Waals surface area contributed by atoms with Crippen LogP contribution in [0, 0.1) is 26.7 Å². The normalized spacial score (nSPS) is 11.5. The van der Waals surface area contributed by atoms with Crippen molar-refractivity contribution in [3.63, 3.8) is 0 Å². The van der Waals surface area contributed by atoms with E-state index in [4.69, 9.17) is 0 Å². The quantitative estimate of drug-likeness (QED) is 0.546. The third kappa shape index (κ3) is 5.48. The summed E-state index contributed by atoms with van der Waals surface area (Å²) in [4.78, 5) is 24.8. The summed E-state index contributed by atoms with van der Waals surface area (Å²) in [7, 11) is -4.16. The highest BCUT2D eigenvalue weighted by molar-refractivity contribution is 7.90. The zero-order chi connectivity index (χ0) is 24.3. The summed E-state index contributed by atoms with van der Waals surface area (Å²) in [5.41, 5.74) is 2.81. The summed E-state index contributed by atoms with van der Waals surface area (Å²) in [5, 5.41) is 7.16. The zero-order valence-electron chi connectivity index (χ0n) is 19.3. The number of sulfonamides is 1. The van der Waals surface area contributed by atoms with E-state index in [-0.39, 0.29) is 28.0 Å². The van der Waals surface area contributed by atoms with Crippen molar-refractivity contribution in [2.24, 2.45) is 5.92 Å². The first-order valence-corrected chi connectivity index (χ1v) is 12.1. The van der Waals surface area contributed by atoms with Crippen LogP contribution in [0.15, 0.2) is 53.4 Å². The first-order chi connectivity index (χ1) is 15.5. The van der Waals surface area contributed by atoms with Crippen LogP contribution < -0.4 is 10.0 Å². The van der Waals surface area contributed by atoms with Gasteiger partial charge in [-0.2, -0.15) is 5.10 Å². The zero-order valence-corrected chi connectivity index (χ0v) is 20.2. The molecule has 33 heavy (non-hydrogen) atoms. The van der Waals surface area contributed by atoms with E-state index < -0.39 is 15.9 Å². The number of hydrogen-bond donors (Lipinski definition) is 2. The summed E-state index contributed by atoms with van der Waals surface area (Å²) >= 11 is 0. The van der Waals surface area contributed by atoms with Crippen LogP contribution in [0.3, 0.4) is 0 Å². The van der Waals surface area contributed by atoms with Crippen molar-refractivity contribution in [3.8, 4) is 5.69 Å². The summed E-state index contributed by atoms with van der Waals surface area (Å²) < 4.78 is 29.8. The molecule has 0 spiro atoms. The summed E-state index contributed by atoms with van der Waals surface area (Å²) in [6.45, 7) is 8.88. The molecule has 1 heterocycles. The largest absolute Gasteiger partial charge is 0.326 e. The number of amides is 2. The second kappa shape index (κ2) is 9.58. The van der Waals surface area contributed by atoms with E-state index in [0.717, 1.165) is 5.69 Å². The van der Waals surface area contributed by atoms with E-state index in [1.54, 1.807) is 32.9 Å². The van der Waals surface area contributed by atoms with Gasteiger partial charge in [0.1, 0.15) is 4.90 Å². The predicted molar refractivity (Wildman–Crippen MR) is 127 cm³/mol. The third-order valence-corrected chi connectivity index (χ3v) is 6.66.